The third kappa shape index (κ3) is 5.83. The zero-order chi connectivity index (χ0) is 31.7. The lowest BCUT2D eigenvalue weighted by Gasteiger charge is -2.40. The maximum atomic E-state index is 14.4. The average molecular weight is 616 g/mol. The monoisotopic (exact) mass is 616 g/mol. The van der Waals surface area contributed by atoms with Gasteiger partial charge in [0.25, 0.3) is 15.9 Å². The van der Waals surface area contributed by atoms with E-state index in [9.17, 15) is 17.6 Å². The minimum atomic E-state index is -4.30. The van der Waals surface area contributed by atoms with Crippen LogP contribution in [0.3, 0.4) is 0 Å². The van der Waals surface area contributed by atoms with E-state index in [0.29, 0.717) is 54.0 Å². The maximum Gasteiger partial charge on any atom is 0.263 e. The molecule has 4 radical (unpaired) electrons. The van der Waals surface area contributed by atoms with Crippen molar-refractivity contribution in [3.63, 3.8) is 0 Å². The quantitative estimate of drug-likeness (QED) is 0.276. The molecule has 2 heterocycles. The van der Waals surface area contributed by atoms with E-state index in [-0.39, 0.29) is 23.2 Å². The number of unbranched alkanes of at least 4 members (excludes halogenated alkanes) is 1. The molecule has 2 aliphatic rings. The number of nitrogens with zero attached hydrogens (tertiary/aromatic N) is 3. The number of aryl methyl sites for hydroxylation is 1. The van der Waals surface area contributed by atoms with Gasteiger partial charge >= 0.3 is 0 Å². The van der Waals surface area contributed by atoms with Crippen molar-refractivity contribution in [3.8, 4) is 11.1 Å². The number of sulfonamides is 1. The molecule has 44 heavy (non-hydrogen) atoms. The van der Waals surface area contributed by atoms with E-state index >= 15 is 0 Å². The second kappa shape index (κ2) is 12.5. The highest BCUT2D eigenvalue weighted by Gasteiger charge is 2.53. The van der Waals surface area contributed by atoms with Crippen LogP contribution in [0.25, 0.3) is 11.1 Å². The summed E-state index contributed by atoms with van der Waals surface area (Å²) in [6, 6.07) is 11.5. The number of amides is 1. The van der Waals surface area contributed by atoms with Crippen LogP contribution in [0.4, 0.5) is 10.2 Å². The van der Waals surface area contributed by atoms with Gasteiger partial charge in [-0.1, -0.05) is 67.7 Å². The Morgan fingerprint density at radius 1 is 1.14 bits per heavy atom. The molecule has 3 aromatic rings. The van der Waals surface area contributed by atoms with Gasteiger partial charge in [-0.15, -0.1) is 0 Å². The van der Waals surface area contributed by atoms with E-state index in [1.807, 2.05) is 6.92 Å². The molecule has 1 aromatic heterocycles. The first-order chi connectivity index (χ1) is 20.9. The summed E-state index contributed by atoms with van der Waals surface area (Å²) in [6.45, 7) is 5.76. The van der Waals surface area contributed by atoms with Crippen molar-refractivity contribution < 1.29 is 26.9 Å². The summed E-state index contributed by atoms with van der Waals surface area (Å²) in [4.78, 5) is 20.2. The highest BCUT2D eigenvalue weighted by molar-refractivity contribution is 7.92. The Bertz CT molecular complexity index is 1690. The van der Waals surface area contributed by atoms with Crippen molar-refractivity contribution in [1.29, 1.82) is 0 Å². The molecular weight excluding hydrogens is 581 g/mol. The van der Waals surface area contributed by atoms with Crippen molar-refractivity contribution in [1.82, 2.24) is 10.1 Å². The van der Waals surface area contributed by atoms with Gasteiger partial charge < -0.3 is 14.2 Å². The van der Waals surface area contributed by atoms with Gasteiger partial charge in [-0.3, -0.25) is 14.5 Å². The summed E-state index contributed by atoms with van der Waals surface area (Å²) in [5.41, 5.74) is 1.11. The van der Waals surface area contributed by atoms with Gasteiger partial charge in [0.1, 0.15) is 11.4 Å². The van der Waals surface area contributed by atoms with E-state index in [4.69, 9.17) is 29.9 Å². The fourth-order valence-corrected chi connectivity index (χ4v) is 7.15. The molecule has 1 N–H and O–H groups in total. The number of amidine groups is 1. The molecule has 1 aliphatic carbocycles. The topological polar surface area (TPSA) is 114 Å². The highest BCUT2D eigenvalue weighted by atomic mass is 32.2. The standard InChI is InChI=1S/C31H35B2FN4O5S/c1-4-6-13-26-35-30(16-9-10-17-30)29(39)38(26)31(32,33)22-14-15-23(21(18-22)19-42-5-2)24-11-7-8-12-25(24)44(40,41)37-28-27(34)20(3)43-36-28/h7-8,11-12,14-15,18H,4-6,9-10,13,16-17,19H2,1-3H3,(H,36,37). The number of anilines is 1. The van der Waals surface area contributed by atoms with E-state index in [0.717, 1.165) is 25.7 Å². The predicted molar refractivity (Wildman–Crippen MR) is 167 cm³/mol. The van der Waals surface area contributed by atoms with Gasteiger partial charge in [-0.25, -0.2) is 8.42 Å². The van der Waals surface area contributed by atoms with Crippen LogP contribution in [0, 0.1) is 12.7 Å². The number of hydrogen-bond donors (Lipinski definition) is 1. The zero-order valence-electron chi connectivity index (χ0n) is 25.2. The third-order valence-electron chi connectivity index (χ3n) is 8.28. The van der Waals surface area contributed by atoms with E-state index < -0.39 is 32.5 Å². The fraction of sp³-hybridized carbons (Fsp3) is 0.452. The SMILES string of the molecule is [B]C([B])(c1ccc(-c2ccccc2S(=O)(=O)Nc2noc(C)c2F)c(COCC)c1)N1C(=O)C2(CCCC2)N=C1CCCC. The summed E-state index contributed by atoms with van der Waals surface area (Å²) in [6.07, 6.45) is 5.50. The number of hydrogen-bond acceptors (Lipinski definition) is 7. The van der Waals surface area contributed by atoms with Crippen molar-refractivity contribution in [2.24, 2.45) is 4.99 Å². The molecule has 13 heteroatoms. The summed E-state index contributed by atoms with van der Waals surface area (Å²) >= 11 is 0. The summed E-state index contributed by atoms with van der Waals surface area (Å²) in [7, 11) is 9.38. The molecule has 1 saturated carbocycles. The molecule has 0 saturated heterocycles. The first-order valence-electron chi connectivity index (χ1n) is 14.9. The smallest absolute Gasteiger partial charge is 0.263 e. The fourth-order valence-electron chi connectivity index (χ4n) is 5.94. The second-order valence-electron chi connectivity index (χ2n) is 11.3. The first kappa shape index (κ1) is 32.0. The minimum Gasteiger partial charge on any atom is -0.377 e. The number of rotatable bonds is 12. The van der Waals surface area contributed by atoms with Crippen LogP contribution in [0.1, 0.15) is 75.7 Å². The van der Waals surface area contributed by atoms with Crippen LogP contribution in [0.15, 0.2) is 56.9 Å². The molecule has 0 unspecified atom stereocenters. The summed E-state index contributed by atoms with van der Waals surface area (Å²) in [5.74, 6) is -1.16. The van der Waals surface area contributed by atoms with Crippen LogP contribution in [0.5, 0.6) is 0 Å². The second-order valence-corrected chi connectivity index (χ2v) is 13.0. The van der Waals surface area contributed by atoms with Crippen LogP contribution < -0.4 is 4.72 Å². The van der Waals surface area contributed by atoms with Gasteiger partial charge in [0.2, 0.25) is 11.6 Å². The number of aromatic nitrogens is 1. The zero-order valence-corrected chi connectivity index (χ0v) is 26.0. The molecule has 1 amide bonds. The van der Waals surface area contributed by atoms with Crippen LogP contribution in [-0.2, 0) is 31.5 Å². The molecule has 1 aliphatic heterocycles. The molecule has 9 nitrogen and oxygen atoms in total. The molecular formula is C31H35B2FN4O5S. The normalized spacial score (nSPS) is 16.6. The Kier molecular flexibility index (Phi) is 9.09. The Hall–Kier alpha value is -3.44. The van der Waals surface area contributed by atoms with Crippen LogP contribution >= 0.6 is 0 Å². The summed E-state index contributed by atoms with van der Waals surface area (Å²) < 4.78 is 54.1. The van der Waals surface area contributed by atoms with E-state index in [1.54, 1.807) is 36.4 Å². The third-order valence-corrected chi connectivity index (χ3v) is 9.67. The van der Waals surface area contributed by atoms with Gasteiger partial charge in [0, 0.05) is 18.6 Å². The van der Waals surface area contributed by atoms with Crippen molar-refractivity contribution in [3.05, 3.63) is 65.2 Å². The lowest BCUT2D eigenvalue weighted by Crippen LogP contribution is -2.54. The van der Waals surface area contributed by atoms with Gasteiger partial charge in [0.05, 0.1) is 27.2 Å². The van der Waals surface area contributed by atoms with Crippen molar-refractivity contribution in [2.75, 3.05) is 11.3 Å². The first-order valence-corrected chi connectivity index (χ1v) is 16.4. The van der Waals surface area contributed by atoms with Crippen LogP contribution in [0.2, 0.25) is 0 Å². The molecule has 2 aromatic carbocycles. The molecule has 5 rings (SSSR count). The lowest BCUT2D eigenvalue weighted by atomic mass is 9.56. The Morgan fingerprint density at radius 3 is 2.52 bits per heavy atom. The Morgan fingerprint density at radius 2 is 1.86 bits per heavy atom. The molecule has 228 valence electrons. The number of carbonyl (C=O) groups excluding carboxylic acids is 1. The molecule has 0 bridgehead atoms. The largest absolute Gasteiger partial charge is 0.377 e. The molecule has 1 spiro atoms. The minimum absolute atomic E-state index is 0.107. The van der Waals surface area contributed by atoms with Crippen molar-refractivity contribution in [2.45, 2.75) is 88.1 Å². The van der Waals surface area contributed by atoms with E-state index in [2.05, 4.69) is 16.8 Å². The molecule has 0 atom stereocenters. The predicted octanol–water partition coefficient (Wildman–Crippen LogP) is 5.32. The van der Waals surface area contributed by atoms with Crippen molar-refractivity contribution >= 4 is 43.3 Å². The maximum absolute atomic E-state index is 14.4. The number of nitrogens with one attached hydrogen (secondary N) is 1. The average Bonchev–Trinajstić information content (AvgIpc) is 3.69. The van der Waals surface area contributed by atoms with E-state index in [1.165, 1.54) is 17.9 Å². The van der Waals surface area contributed by atoms with Gasteiger partial charge in [-0.2, -0.15) is 4.39 Å². The van der Waals surface area contributed by atoms with Gasteiger partial charge in [0.15, 0.2) is 5.76 Å². The Balaban J connectivity index is 1.56. The number of benzene rings is 2. The number of halogens is 1. The van der Waals surface area contributed by atoms with Gasteiger partial charge in [-0.05, 0) is 61.2 Å². The molecule has 1 fully saturated rings. The number of ether oxygens (including phenoxy) is 1. The number of carbonyl (C=O) groups is 1. The van der Waals surface area contributed by atoms with Crippen LogP contribution in [-0.4, -0.2) is 58.1 Å². The lowest BCUT2D eigenvalue weighted by molar-refractivity contribution is -0.132. The Labute approximate surface area is 260 Å². The highest BCUT2D eigenvalue weighted by Crippen LogP contribution is 2.43. The number of aliphatic imine (C=N–C) groups is 1. The summed E-state index contributed by atoms with van der Waals surface area (Å²) in [5, 5.41) is 1.77.